The molecule has 0 aromatic carbocycles. The third-order valence-corrected chi connectivity index (χ3v) is 4.19. The lowest BCUT2D eigenvalue weighted by atomic mass is 9.82. The van der Waals surface area contributed by atoms with Crippen molar-refractivity contribution in [2.45, 2.75) is 32.6 Å². The minimum absolute atomic E-state index is 0.597. The van der Waals surface area contributed by atoms with Crippen LogP contribution in [0.4, 0.5) is 5.13 Å². The van der Waals surface area contributed by atoms with Gasteiger partial charge in [0, 0.05) is 11.9 Å². The number of rotatable bonds is 3. The van der Waals surface area contributed by atoms with E-state index in [2.05, 4.69) is 17.2 Å². The first-order valence-electron chi connectivity index (χ1n) is 5.59. The maximum Gasteiger partial charge on any atom is 0.184 e. The maximum atomic E-state index is 5.76. The molecule has 1 fully saturated rings. The second kappa shape index (κ2) is 5.17. The summed E-state index contributed by atoms with van der Waals surface area (Å²) in [6.45, 7) is 3.40. The molecule has 1 saturated carbocycles. The molecular formula is C11H17ClN2S. The van der Waals surface area contributed by atoms with Crippen molar-refractivity contribution >= 4 is 28.1 Å². The summed E-state index contributed by atoms with van der Waals surface area (Å²) < 4.78 is 0. The van der Waals surface area contributed by atoms with E-state index in [1.807, 2.05) is 5.38 Å². The Morgan fingerprint density at radius 3 is 3.13 bits per heavy atom. The predicted molar refractivity (Wildman–Crippen MR) is 66.7 cm³/mol. The van der Waals surface area contributed by atoms with Crippen LogP contribution < -0.4 is 5.32 Å². The van der Waals surface area contributed by atoms with Crippen LogP contribution in [0.5, 0.6) is 0 Å². The largest absolute Gasteiger partial charge is 0.361 e. The number of nitrogens with one attached hydrogen (secondary N) is 1. The van der Waals surface area contributed by atoms with Crippen LogP contribution in [0.25, 0.3) is 0 Å². The first-order valence-corrected chi connectivity index (χ1v) is 6.84. The molecule has 0 saturated heterocycles. The maximum absolute atomic E-state index is 5.76. The highest BCUT2D eigenvalue weighted by molar-refractivity contribution is 7.14. The zero-order valence-corrected chi connectivity index (χ0v) is 10.6. The van der Waals surface area contributed by atoms with Crippen LogP contribution in [0.2, 0.25) is 5.15 Å². The number of halogens is 1. The molecule has 0 bridgehead atoms. The SMILES string of the molecule is CC1CCCC(CNc2nc(Cl)cs2)C1. The molecule has 0 aliphatic heterocycles. The summed E-state index contributed by atoms with van der Waals surface area (Å²) in [4.78, 5) is 4.19. The Morgan fingerprint density at radius 2 is 2.47 bits per heavy atom. The highest BCUT2D eigenvalue weighted by Crippen LogP contribution is 2.29. The Hall–Kier alpha value is -0.280. The monoisotopic (exact) mass is 244 g/mol. The van der Waals surface area contributed by atoms with Crippen molar-refractivity contribution in [1.82, 2.24) is 4.98 Å². The molecule has 1 aromatic rings. The molecule has 15 heavy (non-hydrogen) atoms. The van der Waals surface area contributed by atoms with Gasteiger partial charge in [-0.2, -0.15) is 0 Å². The van der Waals surface area contributed by atoms with Crippen molar-refractivity contribution in [2.24, 2.45) is 11.8 Å². The predicted octanol–water partition coefficient (Wildman–Crippen LogP) is 4.03. The van der Waals surface area contributed by atoms with Crippen LogP contribution in [0.3, 0.4) is 0 Å². The highest BCUT2D eigenvalue weighted by atomic mass is 35.5. The van der Waals surface area contributed by atoms with E-state index in [9.17, 15) is 0 Å². The molecule has 84 valence electrons. The summed E-state index contributed by atoms with van der Waals surface area (Å²) in [7, 11) is 0. The van der Waals surface area contributed by atoms with Crippen LogP contribution >= 0.6 is 22.9 Å². The number of nitrogens with zero attached hydrogens (tertiary/aromatic N) is 1. The van der Waals surface area contributed by atoms with Crippen LogP contribution in [0.1, 0.15) is 32.6 Å². The fourth-order valence-corrected chi connectivity index (χ4v) is 3.16. The first kappa shape index (κ1) is 11.2. The number of thiazole rings is 1. The molecule has 2 atom stereocenters. The molecule has 0 amide bonds. The summed E-state index contributed by atoms with van der Waals surface area (Å²) in [5.41, 5.74) is 0. The van der Waals surface area contributed by atoms with Crippen molar-refractivity contribution < 1.29 is 0 Å². The normalized spacial score (nSPS) is 26.5. The highest BCUT2D eigenvalue weighted by Gasteiger charge is 2.18. The van der Waals surface area contributed by atoms with Gasteiger partial charge < -0.3 is 5.32 Å². The Kier molecular flexibility index (Phi) is 3.87. The molecule has 1 N–H and O–H groups in total. The molecule has 1 aromatic heterocycles. The molecule has 0 spiro atoms. The fraction of sp³-hybridized carbons (Fsp3) is 0.727. The van der Waals surface area contributed by atoms with Crippen LogP contribution in [-0.4, -0.2) is 11.5 Å². The van der Waals surface area contributed by atoms with E-state index < -0.39 is 0 Å². The van der Waals surface area contributed by atoms with Crippen molar-refractivity contribution in [1.29, 1.82) is 0 Å². The molecule has 1 heterocycles. The van der Waals surface area contributed by atoms with Gasteiger partial charge >= 0.3 is 0 Å². The average molecular weight is 245 g/mol. The van der Waals surface area contributed by atoms with Gasteiger partial charge in [-0.25, -0.2) is 4.98 Å². The van der Waals surface area contributed by atoms with Gasteiger partial charge in [0.2, 0.25) is 0 Å². The second-order valence-electron chi connectivity index (χ2n) is 4.49. The minimum Gasteiger partial charge on any atom is -0.361 e. The Labute approximate surface area is 100 Å². The van der Waals surface area contributed by atoms with E-state index >= 15 is 0 Å². The number of anilines is 1. The number of hydrogen-bond donors (Lipinski definition) is 1. The van der Waals surface area contributed by atoms with Crippen LogP contribution in [-0.2, 0) is 0 Å². The molecule has 2 rings (SSSR count). The van der Waals surface area contributed by atoms with Gasteiger partial charge in [-0.05, 0) is 24.7 Å². The number of aromatic nitrogens is 1. The van der Waals surface area contributed by atoms with Gasteiger partial charge in [0.1, 0.15) is 5.15 Å². The smallest absolute Gasteiger partial charge is 0.184 e. The molecule has 0 radical (unpaired) electrons. The van der Waals surface area contributed by atoms with E-state index in [-0.39, 0.29) is 0 Å². The second-order valence-corrected chi connectivity index (χ2v) is 5.74. The van der Waals surface area contributed by atoms with Gasteiger partial charge in [-0.3, -0.25) is 0 Å². The van der Waals surface area contributed by atoms with Gasteiger partial charge in [0.15, 0.2) is 5.13 Å². The third kappa shape index (κ3) is 3.35. The Bertz CT molecular complexity index is 313. The lowest BCUT2D eigenvalue weighted by Crippen LogP contribution is -2.20. The molecular weight excluding hydrogens is 228 g/mol. The fourth-order valence-electron chi connectivity index (χ4n) is 2.31. The molecule has 1 aliphatic rings. The summed E-state index contributed by atoms with van der Waals surface area (Å²) in [5, 5.41) is 6.80. The van der Waals surface area contributed by atoms with E-state index in [0.717, 1.165) is 23.5 Å². The van der Waals surface area contributed by atoms with E-state index in [4.69, 9.17) is 11.6 Å². The van der Waals surface area contributed by atoms with Crippen LogP contribution in [0.15, 0.2) is 5.38 Å². The van der Waals surface area contributed by atoms with Gasteiger partial charge in [-0.15, -0.1) is 11.3 Å². The van der Waals surface area contributed by atoms with Crippen molar-refractivity contribution in [2.75, 3.05) is 11.9 Å². The topological polar surface area (TPSA) is 24.9 Å². The standard InChI is InChI=1S/C11H17ClN2S/c1-8-3-2-4-9(5-8)6-13-11-14-10(12)7-15-11/h7-9H,2-6H2,1H3,(H,13,14). The van der Waals surface area contributed by atoms with Crippen molar-refractivity contribution in [3.8, 4) is 0 Å². The van der Waals surface area contributed by atoms with Crippen molar-refractivity contribution in [3.05, 3.63) is 10.5 Å². The van der Waals surface area contributed by atoms with Gasteiger partial charge in [0.05, 0.1) is 0 Å². The zero-order chi connectivity index (χ0) is 10.7. The molecule has 4 heteroatoms. The average Bonchev–Trinajstić information content (AvgIpc) is 2.62. The van der Waals surface area contributed by atoms with E-state index in [1.165, 1.54) is 25.7 Å². The molecule has 2 unspecified atom stereocenters. The van der Waals surface area contributed by atoms with E-state index in [1.54, 1.807) is 11.3 Å². The summed E-state index contributed by atoms with van der Waals surface area (Å²) in [5.74, 6) is 1.71. The zero-order valence-electron chi connectivity index (χ0n) is 9.00. The molecule has 1 aliphatic carbocycles. The van der Waals surface area contributed by atoms with Crippen LogP contribution in [0, 0.1) is 11.8 Å². The summed E-state index contributed by atoms with van der Waals surface area (Å²) >= 11 is 7.35. The quantitative estimate of drug-likeness (QED) is 0.868. The molecule has 2 nitrogen and oxygen atoms in total. The first-order chi connectivity index (χ1) is 7.24. The summed E-state index contributed by atoms with van der Waals surface area (Å²) in [6, 6.07) is 0. The third-order valence-electron chi connectivity index (χ3n) is 3.06. The lowest BCUT2D eigenvalue weighted by molar-refractivity contribution is 0.293. The Balaban J connectivity index is 1.77. The van der Waals surface area contributed by atoms with E-state index in [0.29, 0.717) is 5.15 Å². The number of hydrogen-bond acceptors (Lipinski definition) is 3. The summed E-state index contributed by atoms with van der Waals surface area (Å²) in [6.07, 6.45) is 5.49. The Morgan fingerprint density at radius 1 is 1.60 bits per heavy atom. The van der Waals surface area contributed by atoms with Gasteiger partial charge in [-0.1, -0.05) is 31.4 Å². The van der Waals surface area contributed by atoms with Crippen molar-refractivity contribution in [3.63, 3.8) is 0 Å². The van der Waals surface area contributed by atoms with Gasteiger partial charge in [0.25, 0.3) is 0 Å². The minimum atomic E-state index is 0.597. The lowest BCUT2D eigenvalue weighted by Gasteiger charge is -2.26.